The highest BCUT2D eigenvalue weighted by atomic mass is 16.5. The Labute approximate surface area is 59.8 Å². The highest BCUT2D eigenvalue weighted by Gasteiger charge is 1.97. The van der Waals surface area contributed by atoms with Crippen LogP contribution in [-0.2, 0) is 0 Å². The first kappa shape index (κ1) is 5.96. The Kier molecular flexibility index (Phi) is 1.00. The lowest BCUT2D eigenvalue weighted by atomic mass is 10.6. The van der Waals surface area contributed by atoms with Crippen molar-refractivity contribution in [2.24, 2.45) is 0 Å². The number of rotatable bonds is 0. The molecule has 2 heterocycles. The Morgan fingerprint density at radius 1 is 1.45 bits per heavy atom. The summed E-state index contributed by atoms with van der Waals surface area (Å²) < 4.78 is 5.75. The van der Waals surface area contributed by atoms with Gasteiger partial charge < -0.3 is 4.52 Å². The number of nitrogens with zero attached hydrogens (tertiary/aromatic N) is 1. The predicted octanol–water partition coefficient (Wildman–Crippen LogP) is -0.419. The van der Waals surface area contributed by atoms with Crippen LogP contribution in [0.15, 0.2) is 32.4 Å². The third kappa shape index (κ3) is 0.778. The van der Waals surface area contributed by atoms with Crippen molar-refractivity contribution >= 4 is 5.65 Å². The molecule has 2 aromatic heterocycles. The molecule has 0 saturated carbocycles. The summed E-state index contributed by atoms with van der Waals surface area (Å²) in [5.41, 5.74) is -1.17. The van der Waals surface area contributed by atoms with E-state index in [1.54, 1.807) is 12.1 Å². The molecule has 11 heavy (non-hydrogen) atoms. The average Bonchev–Trinajstić information content (AvgIpc) is 2.36. The third-order valence-electron chi connectivity index (χ3n) is 1.32. The Morgan fingerprint density at radius 3 is 3.09 bits per heavy atom. The van der Waals surface area contributed by atoms with Crippen molar-refractivity contribution in [3.05, 3.63) is 39.1 Å². The monoisotopic (exact) mass is 152 g/mol. The van der Waals surface area contributed by atoms with Crippen molar-refractivity contribution in [2.75, 3.05) is 0 Å². The minimum absolute atomic E-state index is 0.467. The van der Waals surface area contributed by atoms with Crippen LogP contribution >= 0.6 is 0 Å². The molecule has 0 fully saturated rings. The second kappa shape index (κ2) is 1.85. The summed E-state index contributed by atoms with van der Waals surface area (Å²) in [5, 5.41) is 0. The summed E-state index contributed by atoms with van der Waals surface area (Å²) in [7, 11) is 0. The average molecular weight is 152 g/mol. The van der Waals surface area contributed by atoms with Crippen molar-refractivity contribution in [1.82, 2.24) is 9.56 Å². The summed E-state index contributed by atoms with van der Waals surface area (Å²) in [6, 6.07) is 3.29. The lowest BCUT2D eigenvalue weighted by Crippen LogP contribution is -2.26. The number of nitrogens with one attached hydrogen (secondary N) is 1. The van der Waals surface area contributed by atoms with Crippen LogP contribution in [0.4, 0.5) is 0 Å². The predicted molar refractivity (Wildman–Crippen MR) is 36.6 cm³/mol. The van der Waals surface area contributed by atoms with E-state index in [2.05, 4.69) is 9.51 Å². The molecule has 0 bridgehead atoms. The Balaban J connectivity index is 3.09. The molecule has 56 valence electrons. The van der Waals surface area contributed by atoms with Crippen LogP contribution in [0.2, 0.25) is 0 Å². The van der Waals surface area contributed by atoms with Crippen molar-refractivity contribution in [3.63, 3.8) is 0 Å². The Morgan fingerprint density at radius 2 is 2.27 bits per heavy atom. The summed E-state index contributed by atoms with van der Waals surface area (Å²) >= 11 is 0. The van der Waals surface area contributed by atoms with Gasteiger partial charge in [0, 0.05) is 6.20 Å². The van der Waals surface area contributed by atoms with E-state index in [9.17, 15) is 9.59 Å². The minimum atomic E-state index is -0.895. The molecular weight excluding hydrogens is 148 g/mol. The zero-order chi connectivity index (χ0) is 7.84. The quantitative estimate of drug-likeness (QED) is 0.521. The van der Waals surface area contributed by atoms with E-state index in [1.165, 1.54) is 10.8 Å². The van der Waals surface area contributed by atoms with E-state index in [-0.39, 0.29) is 0 Å². The Bertz CT molecular complexity index is 446. The molecule has 1 N–H and O–H groups in total. The van der Waals surface area contributed by atoms with Gasteiger partial charge in [-0.25, -0.2) is 4.79 Å². The zero-order valence-electron chi connectivity index (χ0n) is 5.40. The first-order valence-corrected chi connectivity index (χ1v) is 2.98. The molecule has 0 aliphatic rings. The summed E-state index contributed by atoms with van der Waals surface area (Å²) in [6.45, 7) is 0. The highest BCUT2D eigenvalue weighted by Crippen LogP contribution is 1.93. The van der Waals surface area contributed by atoms with Gasteiger partial charge in [-0.1, -0.05) is 0 Å². The maximum atomic E-state index is 10.7. The van der Waals surface area contributed by atoms with Crippen molar-refractivity contribution in [1.29, 1.82) is 0 Å². The van der Waals surface area contributed by atoms with Crippen LogP contribution in [0.3, 0.4) is 0 Å². The fourth-order valence-corrected chi connectivity index (χ4v) is 0.841. The zero-order valence-corrected chi connectivity index (χ0v) is 5.40. The molecule has 2 rings (SSSR count). The van der Waals surface area contributed by atoms with Gasteiger partial charge >= 0.3 is 11.2 Å². The van der Waals surface area contributed by atoms with Crippen LogP contribution in [0, 0.1) is 0 Å². The fraction of sp³-hybridized carbons (Fsp3) is 0. The first-order chi connectivity index (χ1) is 5.27. The van der Waals surface area contributed by atoms with Crippen LogP contribution in [0.25, 0.3) is 5.65 Å². The fourth-order valence-electron chi connectivity index (χ4n) is 0.841. The van der Waals surface area contributed by atoms with E-state index in [0.717, 1.165) is 0 Å². The number of aromatic amines is 1. The van der Waals surface area contributed by atoms with Crippen LogP contribution in [0.1, 0.15) is 0 Å². The molecule has 0 amide bonds. The second-order valence-electron chi connectivity index (χ2n) is 2.05. The topological polar surface area (TPSA) is 67.5 Å². The van der Waals surface area contributed by atoms with Gasteiger partial charge in [0.25, 0.3) is 0 Å². The number of fused-ring (bicyclic) bond motifs is 1. The van der Waals surface area contributed by atoms with E-state index >= 15 is 0 Å². The second-order valence-corrected chi connectivity index (χ2v) is 2.05. The van der Waals surface area contributed by atoms with Crippen LogP contribution in [0.5, 0.6) is 0 Å². The SMILES string of the molecule is O=c1[nH]c2cccn2oc1=O. The molecule has 0 spiro atoms. The summed E-state index contributed by atoms with van der Waals surface area (Å²) in [4.78, 5) is 23.6. The van der Waals surface area contributed by atoms with E-state index < -0.39 is 11.2 Å². The largest absolute Gasteiger partial charge is 0.421 e. The molecule has 0 aliphatic carbocycles. The van der Waals surface area contributed by atoms with Crippen molar-refractivity contribution in [2.45, 2.75) is 0 Å². The van der Waals surface area contributed by atoms with Gasteiger partial charge in [-0.3, -0.25) is 9.78 Å². The van der Waals surface area contributed by atoms with Crippen LogP contribution in [-0.4, -0.2) is 9.56 Å². The molecule has 5 nitrogen and oxygen atoms in total. The molecule has 0 radical (unpaired) electrons. The number of H-pyrrole nitrogens is 1. The molecular formula is C6H4N2O3. The van der Waals surface area contributed by atoms with E-state index in [0.29, 0.717) is 5.65 Å². The molecule has 5 heteroatoms. The van der Waals surface area contributed by atoms with Crippen molar-refractivity contribution in [3.8, 4) is 0 Å². The van der Waals surface area contributed by atoms with Gasteiger partial charge in [0.05, 0.1) is 0 Å². The number of hydrogen-bond acceptors (Lipinski definition) is 3. The van der Waals surface area contributed by atoms with Gasteiger partial charge in [-0.2, -0.15) is 4.57 Å². The lowest BCUT2D eigenvalue weighted by molar-refractivity contribution is 0.324. The molecule has 0 unspecified atom stereocenters. The molecule has 2 aromatic rings. The van der Waals surface area contributed by atoms with E-state index in [4.69, 9.17) is 0 Å². The molecule has 0 atom stereocenters. The Hall–Kier alpha value is -1.78. The van der Waals surface area contributed by atoms with Gasteiger partial charge in [-0.15, -0.1) is 0 Å². The summed E-state index contributed by atoms with van der Waals surface area (Å²) in [5.74, 6) is 0. The minimum Gasteiger partial charge on any atom is -0.325 e. The first-order valence-electron chi connectivity index (χ1n) is 2.98. The molecule has 0 aliphatic heterocycles. The molecule has 0 aromatic carbocycles. The standard InChI is InChI=1S/C6H4N2O3/c9-5-6(10)11-8-3-1-2-4(8)7-5/h1-3H,(H,7,9). The lowest BCUT2D eigenvalue weighted by Gasteiger charge is -1.87. The van der Waals surface area contributed by atoms with Gasteiger partial charge in [-0.05, 0) is 12.1 Å². The van der Waals surface area contributed by atoms with Gasteiger partial charge in [0.2, 0.25) is 0 Å². The normalized spacial score (nSPS) is 10.5. The highest BCUT2D eigenvalue weighted by molar-refractivity contribution is 5.34. The van der Waals surface area contributed by atoms with Gasteiger partial charge in [0.1, 0.15) is 5.65 Å². The number of aromatic nitrogens is 2. The third-order valence-corrected chi connectivity index (χ3v) is 1.32. The molecule has 0 saturated heterocycles. The van der Waals surface area contributed by atoms with E-state index in [1.807, 2.05) is 0 Å². The van der Waals surface area contributed by atoms with Crippen LogP contribution < -0.4 is 11.2 Å². The maximum absolute atomic E-state index is 10.7. The summed E-state index contributed by atoms with van der Waals surface area (Å²) in [6.07, 6.45) is 1.53. The maximum Gasteiger partial charge on any atom is 0.421 e. The number of hydrogen-bond donors (Lipinski definition) is 1. The smallest absolute Gasteiger partial charge is 0.325 e. The van der Waals surface area contributed by atoms with Gasteiger partial charge in [0.15, 0.2) is 0 Å². The van der Waals surface area contributed by atoms with Crippen molar-refractivity contribution < 1.29 is 4.52 Å².